The normalized spacial score (nSPS) is 20.1. The Kier molecular flexibility index (Phi) is 5.71. The SMILES string of the molecule is O=C(Nc1ccnn1C1CCCCC1)c1cccc(NC(=O)C2CCCO2)c1. The molecule has 1 atom stereocenters. The second-order valence-electron chi connectivity index (χ2n) is 7.48. The molecule has 1 aliphatic carbocycles. The van der Waals surface area contributed by atoms with E-state index in [9.17, 15) is 9.59 Å². The summed E-state index contributed by atoms with van der Waals surface area (Å²) in [5.74, 6) is 0.335. The molecule has 2 fully saturated rings. The highest BCUT2D eigenvalue weighted by atomic mass is 16.5. The maximum atomic E-state index is 12.8. The van der Waals surface area contributed by atoms with Gasteiger partial charge in [0.05, 0.1) is 12.2 Å². The van der Waals surface area contributed by atoms with Crippen LogP contribution in [0, 0.1) is 0 Å². The first-order valence-electron chi connectivity index (χ1n) is 10.1. The maximum Gasteiger partial charge on any atom is 0.256 e. The van der Waals surface area contributed by atoms with Crippen LogP contribution in [0.3, 0.4) is 0 Å². The summed E-state index contributed by atoms with van der Waals surface area (Å²) in [7, 11) is 0. The Morgan fingerprint density at radius 1 is 1.04 bits per heavy atom. The van der Waals surface area contributed by atoms with E-state index >= 15 is 0 Å². The van der Waals surface area contributed by atoms with E-state index in [0.717, 1.165) is 25.7 Å². The van der Waals surface area contributed by atoms with E-state index in [1.807, 2.05) is 10.7 Å². The molecule has 1 aromatic carbocycles. The highest BCUT2D eigenvalue weighted by Gasteiger charge is 2.24. The summed E-state index contributed by atoms with van der Waals surface area (Å²) in [6.07, 6.45) is 8.81. The van der Waals surface area contributed by atoms with Crippen molar-refractivity contribution in [3.05, 3.63) is 42.1 Å². The third kappa shape index (κ3) is 4.25. The van der Waals surface area contributed by atoms with Crippen LogP contribution in [-0.4, -0.2) is 34.3 Å². The van der Waals surface area contributed by atoms with E-state index in [-0.39, 0.29) is 11.8 Å². The highest BCUT2D eigenvalue weighted by Crippen LogP contribution is 2.30. The minimum absolute atomic E-state index is 0.162. The van der Waals surface area contributed by atoms with Crippen LogP contribution in [0.25, 0.3) is 0 Å². The largest absolute Gasteiger partial charge is 0.368 e. The van der Waals surface area contributed by atoms with Gasteiger partial charge in [-0.15, -0.1) is 0 Å². The molecule has 2 aliphatic rings. The highest BCUT2D eigenvalue weighted by molar-refractivity contribution is 6.05. The van der Waals surface area contributed by atoms with Crippen molar-refractivity contribution in [3.63, 3.8) is 0 Å². The van der Waals surface area contributed by atoms with E-state index < -0.39 is 6.10 Å². The van der Waals surface area contributed by atoms with Gasteiger partial charge < -0.3 is 15.4 Å². The fourth-order valence-electron chi connectivity index (χ4n) is 3.96. The van der Waals surface area contributed by atoms with Gasteiger partial charge >= 0.3 is 0 Å². The van der Waals surface area contributed by atoms with Crippen LogP contribution in [-0.2, 0) is 9.53 Å². The molecule has 0 spiro atoms. The first-order chi connectivity index (χ1) is 13.7. The number of hydrogen-bond donors (Lipinski definition) is 2. The molecule has 4 rings (SSSR count). The molecule has 2 heterocycles. The molecule has 2 aromatic rings. The van der Waals surface area contributed by atoms with Gasteiger partial charge in [0.1, 0.15) is 11.9 Å². The molecule has 1 saturated carbocycles. The number of carbonyl (C=O) groups excluding carboxylic acids is 2. The molecular formula is C21H26N4O3. The number of nitrogens with one attached hydrogen (secondary N) is 2. The minimum atomic E-state index is -0.401. The Hall–Kier alpha value is -2.67. The average molecular weight is 382 g/mol. The van der Waals surface area contributed by atoms with Crippen molar-refractivity contribution in [3.8, 4) is 0 Å². The molecule has 1 aromatic heterocycles. The molecule has 1 saturated heterocycles. The van der Waals surface area contributed by atoms with E-state index in [4.69, 9.17) is 4.74 Å². The molecule has 7 nitrogen and oxygen atoms in total. The fraction of sp³-hybridized carbons (Fsp3) is 0.476. The Morgan fingerprint density at radius 2 is 1.89 bits per heavy atom. The van der Waals surface area contributed by atoms with Crippen LogP contribution in [0.15, 0.2) is 36.5 Å². The number of benzene rings is 1. The first-order valence-corrected chi connectivity index (χ1v) is 10.1. The second kappa shape index (κ2) is 8.56. The second-order valence-corrected chi connectivity index (χ2v) is 7.48. The first kappa shape index (κ1) is 18.7. The van der Waals surface area contributed by atoms with Crippen molar-refractivity contribution in [1.82, 2.24) is 9.78 Å². The topological polar surface area (TPSA) is 85.3 Å². The van der Waals surface area contributed by atoms with Gasteiger partial charge in [0.25, 0.3) is 11.8 Å². The van der Waals surface area contributed by atoms with E-state index in [1.165, 1.54) is 19.3 Å². The lowest BCUT2D eigenvalue weighted by atomic mass is 9.96. The molecule has 0 radical (unpaired) electrons. The third-order valence-electron chi connectivity index (χ3n) is 5.45. The molecule has 2 amide bonds. The number of hydrogen-bond acceptors (Lipinski definition) is 4. The van der Waals surface area contributed by atoms with Gasteiger partial charge in [0.2, 0.25) is 0 Å². The Labute approximate surface area is 164 Å². The Balaban J connectivity index is 1.43. The molecule has 0 bridgehead atoms. The molecule has 7 heteroatoms. The molecule has 28 heavy (non-hydrogen) atoms. The zero-order valence-electron chi connectivity index (χ0n) is 15.9. The molecule has 1 aliphatic heterocycles. The van der Waals surface area contributed by atoms with Crippen LogP contribution in [0.2, 0.25) is 0 Å². The number of nitrogens with zero attached hydrogens (tertiary/aromatic N) is 2. The lowest BCUT2D eigenvalue weighted by molar-refractivity contribution is -0.124. The summed E-state index contributed by atoms with van der Waals surface area (Å²) >= 11 is 0. The maximum absolute atomic E-state index is 12.8. The zero-order chi connectivity index (χ0) is 19.3. The lowest BCUT2D eigenvalue weighted by Gasteiger charge is -2.23. The third-order valence-corrected chi connectivity index (χ3v) is 5.45. The van der Waals surface area contributed by atoms with Crippen molar-refractivity contribution in [1.29, 1.82) is 0 Å². The molecule has 148 valence electrons. The quantitative estimate of drug-likeness (QED) is 0.825. The summed E-state index contributed by atoms with van der Waals surface area (Å²) in [6.45, 7) is 0.620. The summed E-state index contributed by atoms with van der Waals surface area (Å²) in [5, 5.41) is 10.2. The number of aromatic nitrogens is 2. The van der Waals surface area contributed by atoms with Crippen molar-refractivity contribution >= 4 is 23.3 Å². The standard InChI is InChI=1S/C21H26N4O3/c26-20(24-19-11-12-22-25(19)17-8-2-1-3-9-17)15-6-4-7-16(14-15)23-21(27)18-10-5-13-28-18/h4,6-7,11-12,14,17-18H,1-3,5,8-10,13H2,(H,23,27)(H,24,26). The minimum Gasteiger partial charge on any atom is -0.368 e. The number of amides is 2. The summed E-state index contributed by atoms with van der Waals surface area (Å²) in [4.78, 5) is 25.0. The van der Waals surface area contributed by atoms with Gasteiger partial charge in [-0.3, -0.25) is 9.59 Å². The fourth-order valence-corrected chi connectivity index (χ4v) is 3.96. The smallest absolute Gasteiger partial charge is 0.256 e. The number of ether oxygens (including phenoxy) is 1. The lowest BCUT2D eigenvalue weighted by Crippen LogP contribution is -2.27. The summed E-state index contributed by atoms with van der Waals surface area (Å²) in [6, 6.07) is 9.13. The van der Waals surface area contributed by atoms with E-state index in [0.29, 0.717) is 29.7 Å². The Bertz CT molecular complexity index is 836. The van der Waals surface area contributed by atoms with Gasteiger partial charge in [-0.05, 0) is 43.9 Å². The average Bonchev–Trinajstić information content (AvgIpc) is 3.41. The molecular weight excluding hydrogens is 356 g/mol. The van der Waals surface area contributed by atoms with Crippen LogP contribution in [0.1, 0.15) is 61.3 Å². The van der Waals surface area contributed by atoms with Gasteiger partial charge in [0, 0.05) is 23.9 Å². The van der Waals surface area contributed by atoms with Gasteiger partial charge in [-0.2, -0.15) is 5.10 Å². The summed E-state index contributed by atoms with van der Waals surface area (Å²) in [5.41, 5.74) is 1.08. The van der Waals surface area contributed by atoms with Gasteiger partial charge in [-0.25, -0.2) is 4.68 Å². The molecule has 2 N–H and O–H groups in total. The van der Waals surface area contributed by atoms with Gasteiger partial charge in [0.15, 0.2) is 0 Å². The summed E-state index contributed by atoms with van der Waals surface area (Å²) < 4.78 is 7.34. The van der Waals surface area contributed by atoms with E-state index in [2.05, 4.69) is 15.7 Å². The number of anilines is 2. The Morgan fingerprint density at radius 3 is 2.68 bits per heavy atom. The van der Waals surface area contributed by atoms with Crippen molar-refractivity contribution in [2.45, 2.75) is 57.1 Å². The van der Waals surface area contributed by atoms with Crippen LogP contribution in [0.4, 0.5) is 11.5 Å². The number of carbonyl (C=O) groups is 2. The predicted octanol–water partition coefficient (Wildman–Crippen LogP) is 3.76. The van der Waals surface area contributed by atoms with Crippen molar-refractivity contribution in [2.75, 3.05) is 17.2 Å². The number of rotatable bonds is 5. The van der Waals surface area contributed by atoms with Crippen molar-refractivity contribution in [2.24, 2.45) is 0 Å². The zero-order valence-corrected chi connectivity index (χ0v) is 15.9. The van der Waals surface area contributed by atoms with Crippen molar-refractivity contribution < 1.29 is 14.3 Å². The monoisotopic (exact) mass is 382 g/mol. The predicted molar refractivity (Wildman–Crippen MR) is 106 cm³/mol. The molecule has 1 unspecified atom stereocenters. The van der Waals surface area contributed by atoms with Crippen LogP contribution < -0.4 is 10.6 Å². The van der Waals surface area contributed by atoms with Gasteiger partial charge in [-0.1, -0.05) is 25.3 Å². The van der Waals surface area contributed by atoms with Crippen LogP contribution >= 0.6 is 0 Å². The van der Waals surface area contributed by atoms with E-state index in [1.54, 1.807) is 30.5 Å². The van der Waals surface area contributed by atoms with Crippen LogP contribution in [0.5, 0.6) is 0 Å².